The fourth-order valence-corrected chi connectivity index (χ4v) is 4.17. The van der Waals surface area contributed by atoms with Gasteiger partial charge >= 0.3 is 0 Å². The number of hydrogen-bond donors (Lipinski definition) is 1. The van der Waals surface area contributed by atoms with Crippen molar-refractivity contribution in [2.45, 2.75) is 39.7 Å². The third-order valence-corrected chi connectivity index (χ3v) is 6.09. The van der Waals surface area contributed by atoms with Crippen molar-refractivity contribution < 1.29 is 14.1 Å². The van der Waals surface area contributed by atoms with Crippen molar-refractivity contribution >= 4 is 5.91 Å². The van der Waals surface area contributed by atoms with Gasteiger partial charge in [0.05, 0.1) is 11.3 Å². The van der Waals surface area contributed by atoms with Crippen LogP contribution in [0.5, 0.6) is 5.75 Å². The van der Waals surface area contributed by atoms with E-state index in [2.05, 4.69) is 10.5 Å². The average Bonchev–Trinajstić information content (AvgIpc) is 3.27. The summed E-state index contributed by atoms with van der Waals surface area (Å²) in [6.07, 6.45) is 3.42. The molecule has 0 aliphatic carbocycles. The Bertz CT molecular complexity index is 794. The molecule has 2 aliphatic rings. The molecule has 3 heterocycles. The van der Waals surface area contributed by atoms with Crippen LogP contribution in [0.1, 0.15) is 46.6 Å². The van der Waals surface area contributed by atoms with Crippen LogP contribution in [0.2, 0.25) is 0 Å². The summed E-state index contributed by atoms with van der Waals surface area (Å²) in [6, 6.07) is 7.46. The zero-order chi connectivity index (χ0) is 18.9. The van der Waals surface area contributed by atoms with Gasteiger partial charge in [0.2, 0.25) is 0 Å². The van der Waals surface area contributed by atoms with Gasteiger partial charge in [-0.15, -0.1) is 0 Å². The number of hydrogen-bond acceptors (Lipinski definition) is 5. The van der Waals surface area contributed by atoms with Crippen LogP contribution in [0.3, 0.4) is 0 Å². The molecule has 2 fully saturated rings. The number of nitrogens with one attached hydrogen (secondary N) is 1. The first-order chi connectivity index (χ1) is 13.1. The largest absolute Gasteiger partial charge is 0.489 e. The lowest BCUT2D eigenvalue weighted by Gasteiger charge is -2.38. The standard InChI is InChI=1S/C21H27N3O3/c1-15-19(16(2)27-23-15)13-26-18-5-3-4-17(12-18)20(25)24-10-7-21(8-11-24)6-9-22-14-21/h3-5,12,22H,6-11,13-14H2,1-2H3. The molecule has 2 aliphatic heterocycles. The lowest BCUT2D eigenvalue weighted by molar-refractivity contribution is 0.0607. The van der Waals surface area contributed by atoms with Crippen LogP contribution in [0, 0.1) is 19.3 Å². The van der Waals surface area contributed by atoms with Gasteiger partial charge in [-0.1, -0.05) is 11.2 Å². The molecule has 2 aromatic rings. The molecular weight excluding hydrogens is 342 g/mol. The first-order valence-corrected chi connectivity index (χ1v) is 9.71. The molecular formula is C21H27N3O3. The number of aryl methyl sites for hydroxylation is 2. The van der Waals surface area contributed by atoms with Crippen molar-refractivity contribution in [3.05, 3.63) is 46.8 Å². The topological polar surface area (TPSA) is 67.6 Å². The van der Waals surface area contributed by atoms with E-state index in [9.17, 15) is 4.79 Å². The minimum atomic E-state index is 0.0959. The van der Waals surface area contributed by atoms with E-state index in [4.69, 9.17) is 9.26 Å². The fourth-order valence-electron chi connectivity index (χ4n) is 4.17. The van der Waals surface area contributed by atoms with Crippen LogP contribution in [0.25, 0.3) is 0 Å². The molecule has 0 radical (unpaired) electrons. The quantitative estimate of drug-likeness (QED) is 0.897. The van der Waals surface area contributed by atoms with E-state index in [-0.39, 0.29) is 5.91 Å². The SMILES string of the molecule is Cc1noc(C)c1COc1cccc(C(=O)N2CCC3(CCNC3)CC2)c1. The highest BCUT2D eigenvalue weighted by Crippen LogP contribution is 2.37. The summed E-state index contributed by atoms with van der Waals surface area (Å²) in [7, 11) is 0. The monoisotopic (exact) mass is 369 g/mol. The molecule has 144 valence electrons. The molecule has 0 saturated carbocycles. The van der Waals surface area contributed by atoms with E-state index in [1.54, 1.807) is 0 Å². The zero-order valence-electron chi connectivity index (χ0n) is 16.1. The van der Waals surface area contributed by atoms with Crippen molar-refractivity contribution in [2.24, 2.45) is 5.41 Å². The molecule has 27 heavy (non-hydrogen) atoms. The van der Waals surface area contributed by atoms with Gasteiger partial charge in [-0.3, -0.25) is 4.79 Å². The van der Waals surface area contributed by atoms with Gasteiger partial charge in [0.1, 0.15) is 18.1 Å². The Morgan fingerprint density at radius 3 is 2.78 bits per heavy atom. The Labute approximate surface area is 159 Å². The summed E-state index contributed by atoms with van der Waals surface area (Å²) >= 11 is 0. The molecule has 0 bridgehead atoms. The van der Waals surface area contributed by atoms with Gasteiger partial charge in [-0.2, -0.15) is 0 Å². The molecule has 6 heteroatoms. The number of amides is 1. The van der Waals surface area contributed by atoms with Crippen LogP contribution in [-0.4, -0.2) is 42.1 Å². The Balaban J connectivity index is 1.39. The maximum absolute atomic E-state index is 12.9. The second-order valence-electron chi connectivity index (χ2n) is 7.84. The number of benzene rings is 1. The van der Waals surface area contributed by atoms with Crippen molar-refractivity contribution in [1.29, 1.82) is 0 Å². The third kappa shape index (κ3) is 3.72. The van der Waals surface area contributed by atoms with Crippen LogP contribution in [0.15, 0.2) is 28.8 Å². The lowest BCUT2D eigenvalue weighted by atomic mass is 9.78. The first-order valence-electron chi connectivity index (χ1n) is 9.71. The zero-order valence-corrected chi connectivity index (χ0v) is 16.1. The molecule has 1 aromatic carbocycles. The van der Waals surface area contributed by atoms with E-state index in [1.165, 1.54) is 6.42 Å². The van der Waals surface area contributed by atoms with Gasteiger partial charge in [-0.05, 0) is 63.3 Å². The normalized spacial score (nSPS) is 18.8. The summed E-state index contributed by atoms with van der Waals surface area (Å²) in [5.74, 6) is 1.55. The Hall–Kier alpha value is -2.34. The number of carbonyl (C=O) groups excluding carboxylic acids is 1. The Kier molecular flexibility index (Phi) is 4.91. The van der Waals surface area contributed by atoms with E-state index in [1.807, 2.05) is 43.0 Å². The van der Waals surface area contributed by atoms with Crippen LogP contribution >= 0.6 is 0 Å². The summed E-state index contributed by atoms with van der Waals surface area (Å²) < 4.78 is 11.1. The molecule has 4 rings (SSSR count). The third-order valence-electron chi connectivity index (χ3n) is 6.09. The predicted molar refractivity (Wildman–Crippen MR) is 102 cm³/mol. The number of carbonyl (C=O) groups is 1. The lowest BCUT2D eigenvalue weighted by Crippen LogP contribution is -2.44. The molecule has 1 aromatic heterocycles. The van der Waals surface area contributed by atoms with Gasteiger partial charge in [0, 0.05) is 25.2 Å². The van der Waals surface area contributed by atoms with Crippen molar-refractivity contribution in [3.63, 3.8) is 0 Å². The fraction of sp³-hybridized carbons (Fsp3) is 0.524. The molecule has 6 nitrogen and oxygen atoms in total. The molecule has 0 atom stereocenters. The number of ether oxygens (including phenoxy) is 1. The average molecular weight is 369 g/mol. The van der Waals surface area contributed by atoms with Crippen LogP contribution in [-0.2, 0) is 6.61 Å². The van der Waals surface area contributed by atoms with Gasteiger partial charge in [0.25, 0.3) is 5.91 Å². The number of likely N-dealkylation sites (tertiary alicyclic amines) is 1. The maximum Gasteiger partial charge on any atom is 0.253 e. The number of piperidine rings is 1. The predicted octanol–water partition coefficient (Wildman–Crippen LogP) is 3.09. The second kappa shape index (κ2) is 7.35. The highest BCUT2D eigenvalue weighted by Gasteiger charge is 2.38. The summed E-state index contributed by atoms with van der Waals surface area (Å²) in [5, 5.41) is 7.41. The minimum Gasteiger partial charge on any atom is -0.489 e. The van der Waals surface area contributed by atoms with Gasteiger partial charge in [-0.25, -0.2) is 0 Å². The second-order valence-corrected chi connectivity index (χ2v) is 7.84. The van der Waals surface area contributed by atoms with E-state index < -0.39 is 0 Å². The van der Waals surface area contributed by atoms with E-state index in [0.29, 0.717) is 23.3 Å². The van der Waals surface area contributed by atoms with Gasteiger partial charge < -0.3 is 19.5 Å². The Morgan fingerprint density at radius 2 is 2.11 bits per heavy atom. The Morgan fingerprint density at radius 1 is 1.30 bits per heavy atom. The number of nitrogens with zero attached hydrogens (tertiary/aromatic N) is 2. The first kappa shape index (κ1) is 18.0. The highest BCUT2D eigenvalue weighted by molar-refractivity contribution is 5.94. The smallest absolute Gasteiger partial charge is 0.253 e. The number of aromatic nitrogens is 1. The summed E-state index contributed by atoms with van der Waals surface area (Å²) in [6.45, 7) is 8.05. The van der Waals surface area contributed by atoms with Gasteiger partial charge in [0.15, 0.2) is 0 Å². The summed E-state index contributed by atoms with van der Waals surface area (Å²) in [5.41, 5.74) is 2.89. The molecule has 0 unspecified atom stereocenters. The van der Waals surface area contributed by atoms with E-state index >= 15 is 0 Å². The van der Waals surface area contributed by atoms with Crippen LogP contribution < -0.4 is 10.1 Å². The number of rotatable bonds is 4. The van der Waals surface area contributed by atoms with Crippen molar-refractivity contribution in [1.82, 2.24) is 15.4 Å². The van der Waals surface area contributed by atoms with E-state index in [0.717, 1.165) is 56.0 Å². The van der Waals surface area contributed by atoms with Crippen molar-refractivity contribution in [2.75, 3.05) is 26.2 Å². The van der Waals surface area contributed by atoms with Crippen LogP contribution in [0.4, 0.5) is 0 Å². The molecule has 1 spiro atoms. The minimum absolute atomic E-state index is 0.0959. The summed E-state index contributed by atoms with van der Waals surface area (Å²) in [4.78, 5) is 14.9. The molecule has 1 amide bonds. The van der Waals surface area contributed by atoms with Crippen molar-refractivity contribution in [3.8, 4) is 5.75 Å². The molecule has 2 saturated heterocycles. The highest BCUT2D eigenvalue weighted by atomic mass is 16.5. The molecule has 1 N–H and O–H groups in total. The maximum atomic E-state index is 12.9.